The van der Waals surface area contributed by atoms with Gasteiger partial charge in [0.05, 0.1) is 30.9 Å². The van der Waals surface area contributed by atoms with Crippen LogP contribution < -0.4 is 4.74 Å². The van der Waals surface area contributed by atoms with E-state index in [9.17, 15) is 4.79 Å². The number of hydrogen-bond donors (Lipinski definition) is 1. The molecule has 4 aromatic rings. The molecule has 1 atom stereocenters. The van der Waals surface area contributed by atoms with Gasteiger partial charge in [-0.1, -0.05) is 24.3 Å². The van der Waals surface area contributed by atoms with Crippen LogP contribution in [0.5, 0.6) is 5.75 Å². The molecule has 2 aromatic carbocycles. The lowest BCUT2D eigenvalue weighted by atomic mass is 9.97. The number of aromatic nitrogens is 3. The molecule has 1 aliphatic rings. The van der Waals surface area contributed by atoms with Crippen molar-refractivity contribution in [2.75, 3.05) is 13.7 Å². The Morgan fingerprint density at radius 2 is 2.06 bits per heavy atom. The summed E-state index contributed by atoms with van der Waals surface area (Å²) >= 11 is 0. The van der Waals surface area contributed by atoms with Gasteiger partial charge in [-0.2, -0.15) is 0 Å². The van der Waals surface area contributed by atoms with E-state index >= 15 is 0 Å². The number of fused-ring (bicyclic) bond motifs is 1. The van der Waals surface area contributed by atoms with Crippen LogP contribution in [0.25, 0.3) is 22.7 Å². The summed E-state index contributed by atoms with van der Waals surface area (Å²) in [6.45, 7) is 4.83. The summed E-state index contributed by atoms with van der Waals surface area (Å²) in [5.74, 6) is 0.848. The zero-order valence-electron chi connectivity index (χ0n) is 19.2. The van der Waals surface area contributed by atoms with Gasteiger partial charge in [0.25, 0.3) is 0 Å². The molecular weight excluding hydrogens is 412 g/mol. The summed E-state index contributed by atoms with van der Waals surface area (Å²) in [5, 5.41) is 1.17. The molecule has 0 spiro atoms. The van der Waals surface area contributed by atoms with Crippen molar-refractivity contribution in [3.05, 3.63) is 83.6 Å². The minimum Gasteiger partial charge on any atom is -0.495 e. The Morgan fingerprint density at radius 3 is 2.85 bits per heavy atom. The molecule has 1 saturated heterocycles. The summed E-state index contributed by atoms with van der Waals surface area (Å²) in [6.07, 6.45) is 9.50. The number of ether oxygens (including phenoxy) is 1. The second kappa shape index (κ2) is 8.62. The van der Waals surface area contributed by atoms with Crippen LogP contribution in [0.1, 0.15) is 42.6 Å². The summed E-state index contributed by atoms with van der Waals surface area (Å²) in [7, 11) is 1.66. The first kappa shape index (κ1) is 21.1. The van der Waals surface area contributed by atoms with Crippen molar-refractivity contribution in [1.29, 1.82) is 0 Å². The van der Waals surface area contributed by atoms with Crippen molar-refractivity contribution in [3.63, 3.8) is 0 Å². The minimum atomic E-state index is -0.00116. The maximum absolute atomic E-state index is 13.5. The van der Waals surface area contributed by atoms with Gasteiger partial charge in [0, 0.05) is 35.4 Å². The van der Waals surface area contributed by atoms with Crippen LogP contribution in [0.15, 0.2) is 66.8 Å². The first-order chi connectivity index (χ1) is 16.0. The molecule has 0 saturated carbocycles. The first-order valence-corrected chi connectivity index (χ1v) is 11.3. The van der Waals surface area contributed by atoms with E-state index < -0.39 is 0 Å². The number of H-pyrrole nitrogens is 1. The van der Waals surface area contributed by atoms with E-state index in [4.69, 9.17) is 4.74 Å². The average molecular weight is 441 g/mol. The molecular formula is C27H28N4O2. The highest BCUT2D eigenvalue weighted by atomic mass is 16.5. The van der Waals surface area contributed by atoms with Gasteiger partial charge in [-0.05, 0) is 62.1 Å². The van der Waals surface area contributed by atoms with Crippen molar-refractivity contribution in [1.82, 2.24) is 19.4 Å². The predicted octanol–water partition coefficient (Wildman–Crippen LogP) is 5.44. The number of hydrogen-bond acceptors (Lipinski definition) is 3. The van der Waals surface area contributed by atoms with Crippen LogP contribution in [0, 0.1) is 6.92 Å². The number of aryl methyl sites for hydroxylation is 1. The van der Waals surface area contributed by atoms with Crippen molar-refractivity contribution in [3.8, 4) is 11.4 Å². The Kier molecular flexibility index (Phi) is 5.50. The molecule has 1 unspecified atom stereocenters. The van der Waals surface area contributed by atoms with Gasteiger partial charge in [-0.25, -0.2) is 4.98 Å². The fraction of sp³-hybridized carbons (Fsp3) is 0.259. The number of carbonyl (C=O) groups excluding carboxylic acids is 1. The van der Waals surface area contributed by atoms with Gasteiger partial charge in [-0.3, -0.25) is 4.79 Å². The average Bonchev–Trinajstić information content (AvgIpc) is 3.46. The summed E-state index contributed by atoms with van der Waals surface area (Å²) in [4.78, 5) is 23.1. The van der Waals surface area contributed by atoms with Crippen LogP contribution in [-0.2, 0) is 4.79 Å². The predicted molar refractivity (Wildman–Crippen MR) is 130 cm³/mol. The van der Waals surface area contributed by atoms with Gasteiger partial charge in [0.15, 0.2) is 0 Å². The molecule has 6 heteroatoms. The minimum absolute atomic E-state index is 0.00116. The van der Waals surface area contributed by atoms with E-state index in [1.807, 2.05) is 65.2 Å². The van der Waals surface area contributed by atoms with Gasteiger partial charge in [-0.15, -0.1) is 0 Å². The number of nitrogens with zero attached hydrogens (tertiary/aromatic N) is 3. The second-order valence-corrected chi connectivity index (χ2v) is 8.59. The van der Waals surface area contributed by atoms with Gasteiger partial charge >= 0.3 is 0 Å². The highest BCUT2D eigenvalue weighted by molar-refractivity contribution is 5.99. The van der Waals surface area contributed by atoms with Crippen LogP contribution in [0.3, 0.4) is 0 Å². The molecule has 33 heavy (non-hydrogen) atoms. The topological polar surface area (TPSA) is 63.1 Å². The third kappa shape index (κ3) is 3.93. The zero-order valence-corrected chi connectivity index (χ0v) is 19.2. The lowest BCUT2D eigenvalue weighted by Gasteiger charge is -2.34. The Hall–Kier alpha value is -3.80. The smallest absolute Gasteiger partial charge is 0.250 e. The molecule has 5 rings (SSSR count). The maximum atomic E-state index is 13.5. The second-order valence-electron chi connectivity index (χ2n) is 8.59. The molecule has 1 N–H and O–H groups in total. The number of benzene rings is 2. The standard InChI is InChI=1S/C27H28N4O2/c1-18-16-30(17-29-18)25-11-10-20(14-26(25)33-3)13-21-7-6-12-31(27(21)32)19(2)23-15-28-24-9-5-4-8-22(23)24/h4-5,8-11,13-17,19,28H,6-7,12H2,1-3H3/b21-13+. The molecule has 1 aliphatic heterocycles. The lowest BCUT2D eigenvalue weighted by molar-refractivity contribution is -0.130. The number of carbonyl (C=O) groups is 1. The van der Waals surface area contributed by atoms with E-state index in [-0.39, 0.29) is 11.9 Å². The number of methoxy groups -OCH3 is 1. The van der Waals surface area contributed by atoms with Gasteiger partial charge < -0.3 is 19.2 Å². The quantitative estimate of drug-likeness (QED) is 0.421. The maximum Gasteiger partial charge on any atom is 0.250 e. The van der Waals surface area contributed by atoms with Crippen molar-refractivity contribution in [2.24, 2.45) is 0 Å². The molecule has 3 heterocycles. The SMILES string of the molecule is COc1cc(/C=C2\CCCN(C(C)c3c[nH]c4ccccc34)C2=O)ccc1-n1cnc(C)c1. The molecule has 1 fully saturated rings. The summed E-state index contributed by atoms with van der Waals surface area (Å²) in [5.41, 5.74) is 5.91. The molecule has 0 aliphatic carbocycles. The van der Waals surface area contributed by atoms with Crippen molar-refractivity contribution >= 4 is 22.9 Å². The highest BCUT2D eigenvalue weighted by Crippen LogP contribution is 2.33. The van der Waals surface area contributed by atoms with E-state index in [2.05, 4.69) is 29.0 Å². The first-order valence-electron chi connectivity index (χ1n) is 11.3. The van der Waals surface area contributed by atoms with Gasteiger partial charge in [0.2, 0.25) is 5.91 Å². The lowest BCUT2D eigenvalue weighted by Crippen LogP contribution is -2.38. The number of rotatable bonds is 5. The van der Waals surface area contributed by atoms with Crippen molar-refractivity contribution < 1.29 is 9.53 Å². The Morgan fingerprint density at radius 1 is 1.21 bits per heavy atom. The number of piperidine rings is 1. The summed E-state index contributed by atoms with van der Waals surface area (Å²) in [6, 6.07) is 14.2. The molecule has 6 nitrogen and oxygen atoms in total. The fourth-order valence-electron chi connectivity index (χ4n) is 4.70. The van der Waals surface area contributed by atoms with E-state index in [1.165, 1.54) is 5.39 Å². The van der Waals surface area contributed by atoms with Crippen molar-refractivity contribution in [2.45, 2.75) is 32.7 Å². The Bertz CT molecular complexity index is 1350. The summed E-state index contributed by atoms with van der Waals surface area (Å²) < 4.78 is 7.58. The number of aromatic amines is 1. The zero-order chi connectivity index (χ0) is 22.9. The number of nitrogens with one attached hydrogen (secondary N) is 1. The fourth-order valence-corrected chi connectivity index (χ4v) is 4.70. The third-order valence-corrected chi connectivity index (χ3v) is 6.45. The monoisotopic (exact) mass is 440 g/mol. The van der Waals surface area contributed by atoms with E-state index in [0.29, 0.717) is 0 Å². The van der Waals surface area contributed by atoms with E-state index in [0.717, 1.165) is 58.7 Å². The van der Waals surface area contributed by atoms with Gasteiger partial charge in [0.1, 0.15) is 5.75 Å². The highest BCUT2D eigenvalue weighted by Gasteiger charge is 2.29. The normalized spacial score (nSPS) is 16.5. The number of imidazole rings is 1. The molecule has 168 valence electrons. The largest absolute Gasteiger partial charge is 0.495 e. The molecule has 0 radical (unpaired) electrons. The van der Waals surface area contributed by atoms with Crippen LogP contribution in [-0.4, -0.2) is 39.0 Å². The number of likely N-dealkylation sites (tertiary alicyclic amines) is 1. The molecule has 1 amide bonds. The van der Waals surface area contributed by atoms with E-state index in [1.54, 1.807) is 13.4 Å². The van der Waals surface area contributed by atoms with Crippen LogP contribution >= 0.6 is 0 Å². The number of amides is 1. The Balaban J connectivity index is 1.42. The van der Waals surface area contributed by atoms with Crippen LogP contribution in [0.2, 0.25) is 0 Å². The van der Waals surface area contributed by atoms with Crippen LogP contribution in [0.4, 0.5) is 0 Å². The molecule has 0 bridgehead atoms. The Labute approximate surface area is 193 Å². The molecule has 2 aromatic heterocycles. The number of para-hydroxylation sites is 1. The third-order valence-electron chi connectivity index (χ3n) is 6.45.